The van der Waals surface area contributed by atoms with Crippen LogP contribution < -0.4 is 5.32 Å². The second-order valence-corrected chi connectivity index (χ2v) is 7.33. The van der Waals surface area contributed by atoms with Crippen molar-refractivity contribution in [2.24, 2.45) is 5.92 Å². The molecule has 0 saturated heterocycles. The van der Waals surface area contributed by atoms with Gasteiger partial charge in [-0.15, -0.1) is 11.8 Å². The topological polar surface area (TPSA) is 12.0 Å². The Morgan fingerprint density at radius 2 is 2.16 bits per heavy atom. The number of halogens is 1. The Bertz CT molecular complexity index is 379. The highest BCUT2D eigenvalue weighted by atomic mass is 79.9. The molecule has 0 aliphatic heterocycles. The summed E-state index contributed by atoms with van der Waals surface area (Å²) in [5.41, 5.74) is 0. The number of hydrogen-bond donors (Lipinski definition) is 1. The summed E-state index contributed by atoms with van der Waals surface area (Å²) in [6.07, 6.45) is 6.91. The average molecular weight is 342 g/mol. The van der Waals surface area contributed by atoms with E-state index < -0.39 is 0 Å². The molecule has 1 nitrogen and oxygen atoms in total. The predicted molar refractivity (Wildman–Crippen MR) is 88.9 cm³/mol. The van der Waals surface area contributed by atoms with Gasteiger partial charge in [-0.25, -0.2) is 0 Å². The molecule has 1 aliphatic carbocycles. The zero-order valence-electron chi connectivity index (χ0n) is 11.7. The van der Waals surface area contributed by atoms with E-state index in [1.807, 2.05) is 11.8 Å². The molecule has 0 amide bonds. The van der Waals surface area contributed by atoms with Gasteiger partial charge in [-0.1, -0.05) is 31.9 Å². The van der Waals surface area contributed by atoms with E-state index in [4.69, 9.17) is 0 Å². The number of rotatable bonds is 9. The van der Waals surface area contributed by atoms with Crippen molar-refractivity contribution in [1.29, 1.82) is 0 Å². The maximum atomic E-state index is 3.71. The first-order valence-corrected chi connectivity index (χ1v) is 9.18. The molecule has 1 N–H and O–H groups in total. The molecular weight excluding hydrogens is 318 g/mol. The van der Waals surface area contributed by atoms with E-state index in [1.165, 1.54) is 47.2 Å². The largest absolute Gasteiger partial charge is 0.313 e. The highest BCUT2D eigenvalue weighted by Gasteiger charge is 2.22. The number of nitrogens with one attached hydrogen (secondary N) is 1. The second kappa shape index (κ2) is 8.33. The predicted octanol–water partition coefficient (Wildman–Crippen LogP) is 5.10. The standard InChI is InChI=1S/C16H24BrNS/c1-2-11-18-14(10-9-13-7-8-13)12-19-16-6-4-3-5-15(16)17/h3-6,13-14,18H,2,7-12H2,1H3. The van der Waals surface area contributed by atoms with Crippen molar-refractivity contribution >= 4 is 27.7 Å². The van der Waals surface area contributed by atoms with Crippen LogP contribution in [0.25, 0.3) is 0 Å². The van der Waals surface area contributed by atoms with Crippen LogP contribution in [0.3, 0.4) is 0 Å². The third-order valence-corrected chi connectivity index (χ3v) is 5.77. The molecule has 2 rings (SSSR count). The first-order valence-electron chi connectivity index (χ1n) is 7.40. The fraction of sp³-hybridized carbons (Fsp3) is 0.625. The van der Waals surface area contributed by atoms with E-state index in [1.54, 1.807) is 0 Å². The van der Waals surface area contributed by atoms with Crippen molar-refractivity contribution in [1.82, 2.24) is 5.32 Å². The summed E-state index contributed by atoms with van der Waals surface area (Å²) in [6.45, 7) is 3.39. The van der Waals surface area contributed by atoms with Gasteiger partial charge in [0.15, 0.2) is 0 Å². The summed E-state index contributed by atoms with van der Waals surface area (Å²) in [5, 5.41) is 3.71. The maximum absolute atomic E-state index is 3.71. The quantitative estimate of drug-likeness (QED) is 0.627. The van der Waals surface area contributed by atoms with Crippen LogP contribution in [0.2, 0.25) is 0 Å². The van der Waals surface area contributed by atoms with Crippen LogP contribution in [0, 0.1) is 5.92 Å². The van der Waals surface area contributed by atoms with Crippen molar-refractivity contribution in [2.75, 3.05) is 12.3 Å². The first kappa shape index (κ1) is 15.4. The molecule has 1 unspecified atom stereocenters. The van der Waals surface area contributed by atoms with Crippen molar-refractivity contribution in [3.05, 3.63) is 28.7 Å². The number of benzene rings is 1. The summed E-state index contributed by atoms with van der Waals surface area (Å²) in [7, 11) is 0. The van der Waals surface area contributed by atoms with Crippen molar-refractivity contribution in [3.63, 3.8) is 0 Å². The molecule has 0 heterocycles. The Kier molecular flexibility index (Phi) is 6.75. The summed E-state index contributed by atoms with van der Waals surface area (Å²) < 4.78 is 1.22. The van der Waals surface area contributed by atoms with Gasteiger partial charge in [0.05, 0.1) is 0 Å². The molecule has 1 fully saturated rings. The third-order valence-electron chi connectivity index (χ3n) is 3.58. The van der Waals surface area contributed by atoms with Crippen LogP contribution in [-0.2, 0) is 0 Å². The Morgan fingerprint density at radius 1 is 1.37 bits per heavy atom. The van der Waals surface area contributed by atoms with Crippen LogP contribution in [0.5, 0.6) is 0 Å². The van der Waals surface area contributed by atoms with E-state index in [2.05, 4.69) is 52.4 Å². The smallest absolute Gasteiger partial charge is 0.0311 e. The van der Waals surface area contributed by atoms with Gasteiger partial charge in [-0.2, -0.15) is 0 Å². The van der Waals surface area contributed by atoms with E-state index in [9.17, 15) is 0 Å². The van der Waals surface area contributed by atoms with Gasteiger partial charge >= 0.3 is 0 Å². The first-order chi connectivity index (χ1) is 9.29. The van der Waals surface area contributed by atoms with Crippen LogP contribution in [0.15, 0.2) is 33.6 Å². The Hall–Kier alpha value is 0.01000. The molecule has 1 aromatic rings. The lowest BCUT2D eigenvalue weighted by Gasteiger charge is -2.18. The van der Waals surface area contributed by atoms with Crippen molar-refractivity contribution < 1.29 is 0 Å². The molecule has 1 saturated carbocycles. The average Bonchev–Trinajstić information content (AvgIpc) is 3.24. The zero-order valence-corrected chi connectivity index (χ0v) is 14.1. The van der Waals surface area contributed by atoms with Crippen molar-refractivity contribution in [2.45, 2.75) is 50.0 Å². The van der Waals surface area contributed by atoms with Gasteiger partial charge in [0.2, 0.25) is 0 Å². The molecule has 0 bridgehead atoms. The Balaban J connectivity index is 1.78. The number of thioether (sulfide) groups is 1. The molecule has 19 heavy (non-hydrogen) atoms. The number of hydrogen-bond acceptors (Lipinski definition) is 2. The molecular formula is C16H24BrNS. The molecule has 3 heteroatoms. The lowest BCUT2D eigenvalue weighted by Crippen LogP contribution is -2.32. The molecule has 0 spiro atoms. The summed E-state index contributed by atoms with van der Waals surface area (Å²) in [5.74, 6) is 2.22. The molecule has 106 valence electrons. The Labute approximate surface area is 130 Å². The maximum Gasteiger partial charge on any atom is 0.0311 e. The van der Waals surface area contributed by atoms with E-state index in [0.717, 1.165) is 12.5 Å². The van der Waals surface area contributed by atoms with Crippen LogP contribution >= 0.6 is 27.7 Å². The SMILES string of the molecule is CCCNC(CCC1CC1)CSc1ccccc1Br. The van der Waals surface area contributed by atoms with Crippen LogP contribution in [0.4, 0.5) is 0 Å². The highest BCUT2D eigenvalue weighted by molar-refractivity contribution is 9.10. The van der Waals surface area contributed by atoms with E-state index in [-0.39, 0.29) is 0 Å². The van der Waals surface area contributed by atoms with E-state index in [0.29, 0.717) is 6.04 Å². The normalized spacial score (nSPS) is 16.5. The minimum atomic E-state index is 0.664. The van der Waals surface area contributed by atoms with Crippen LogP contribution in [-0.4, -0.2) is 18.3 Å². The summed E-state index contributed by atoms with van der Waals surface area (Å²) >= 11 is 5.60. The molecule has 1 aliphatic rings. The van der Waals surface area contributed by atoms with Gasteiger partial charge in [-0.05, 0) is 59.8 Å². The van der Waals surface area contributed by atoms with Crippen molar-refractivity contribution in [3.8, 4) is 0 Å². The Morgan fingerprint density at radius 3 is 2.84 bits per heavy atom. The molecule has 1 aromatic carbocycles. The monoisotopic (exact) mass is 341 g/mol. The third kappa shape index (κ3) is 5.88. The van der Waals surface area contributed by atoms with Gasteiger partial charge < -0.3 is 5.32 Å². The summed E-state index contributed by atoms with van der Waals surface area (Å²) in [4.78, 5) is 1.36. The van der Waals surface area contributed by atoms with Gasteiger partial charge in [0.25, 0.3) is 0 Å². The molecule has 0 radical (unpaired) electrons. The van der Waals surface area contributed by atoms with Gasteiger partial charge in [0, 0.05) is 21.2 Å². The fourth-order valence-electron chi connectivity index (χ4n) is 2.19. The summed E-state index contributed by atoms with van der Waals surface area (Å²) in [6, 6.07) is 9.19. The van der Waals surface area contributed by atoms with E-state index >= 15 is 0 Å². The minimum Gasteiger partial charge on any atom is -0.313 e. The zero-order chi connectivity index (χ0) is 13.5. The van der Waals surface area contributed by atoms with Gasteiger partial charge in [-0.3, -0.25) is 0 Å². The molecule has 0 aromatic heterocycles. The lowest BCUT2D eigenvalue weighted by atomic mass is 10.1. The fourth-order valence-corrected chi connectivity index (χ4v) is 3.86. The van der Waals surface area contributed by atoms with Crippen LogP contribution in [0.1, 0.15) is 39.0 Å². The minimum absolute atomic E-state index is 0.664. The lowest BCUT2D eigenvalue weighted by molar-refractivity contribution is 0.489. The highest BCUT2D eigenvalue weighted by Crippen LogP contribution is 2.34. The second-order valence-electron chi connectivity index (χ2n) is 5.41. The van der Waals surface area contributed by atoms with Gasteiger partial charge in [0.1, 0.15) is 0 Å². The molecule has 1 atom stereocenters.